The number of hydrogen-bond donors (Lipinski definition) is 1. The molecule has 2 aromatic heterocycles. The van der Waals surface area contributed by atoms with Gasteiger partial charge in [-0.05, 0) is 43.2 Å². The summed E-state index contributed by atoms with van der Waals surface area (Å²) >= 11 is 1.09. The summed E-state index contributed by atoms with van der Waals surface area (Å²) in [6, 6.07) is 16.0. The molecule has 190 valence electrons. The average Bonchev–Trinajstić information content (AvgIpc) is 3.23. The summed E-state index contributed by atoms with van der Waals surface area (Å²) in [7, 11) is 0. The number of fused-ring (bicyclic) bond motifs is 1. The lowest BCUT2D eigenvalue weighted by atomic mass is 10.2. The van der Waals surface area contributed by atoms with Crippen molar-refractivity contribution >= 4 is 45.1 Å². The highest BCUT2D eigenvalue weighted by atomic mass is 32.1. The average molecular weight is 520 g/mol. The molecule has 10 heteroatoms. The third-order valence-corrected chi connectivity index (χ3v) is 6.72. The zero-order valence-corrected chi connectivity index (χ0v) is 21.2. The van der Waals surface area contributed by atoms with Gasteiger partial charge in [-0.3, -0.25) is 14.2 Å². The molecule has 0 radical (unpaired) electrons. The van der Waals surface area contributed by atoms with Crippen molar-refractivity contribution in [3.8, 4) is 0 Å². The van der Waals surface area contributed by atoms with Crippen molar-refractivity contribution in [2.24, 2.45) is 0 Å². The quantitative estimate of drug-likeness (QED) is 0.333. The van der Waals surface area contributed by atoms with Crippen LogP contribution >= 0.6 is 11.3 Å². The fourth-order valence-corrected chi connectivity index (χ4v) is 4.76. The highest BCUT2D eigenvalue weighted by Crippen LogP contribution is 2.27. The molecule has 0 bridgehead atoms. The molecular weight excluding hydrogens is 494 g/mol. The summed E-state index contributed by atoms with van der Waals surface area (Å²) < 4.78 is 11.6. The molecule has 0 saturated carbocycles. The molecule has 0 spiro atoms. The molecule has 1 N–H and O–H groups in total. The largest absolute Gasteiger partial charge is 0.462 e. The second-order valence-corrected chi connectivity index (χ2v) is 9.13. The molecule has 0 atom stereocenters. The Morgan fingerprint density at radius 2 is 1.81 bits per heavy atom. The Morgan fingerprint density at radius 1 is 1.03 bits per heavy atom. The number of carbonyl (C=O) groups is 3. The number of nitrogens with zero attached hydrogens (tertiary/aromatic N) is 2. The Labute approximate surface area is 216 Å². The van der Waals surface area contributed by atoms with Crippen LogP contribution in [-0.2, 0) is 27.2 Å². The molecule has 0 aliphatic carbocycles. The molecule has 2 aromatic carbocycles. The number of anilines is 1. The number of esters is 2. The molecule has 2 heterocycles. The first-order valence-corrected chi connectivity index (χ1v) is 12.5. The maximum Gasteiger partial charge on any atom is 0.348 e. The minimum atomic E-state index is -0.512. The minimum Gasteiger partial charge on any atom is -0.462 e. The van der Waals surface area contributed by atoms with E-state index in [0.29, 0.717) is 32.9 Å². The van der Waals surface area contributed by atoms with E-state index >= 15 is 0 Å². The Morgan fingerprint density at radius 3 is 2.57 bits per heavy atom. The van der Waals surface area contributed by atoms with Gasteiger partial charge in [0.1, 0.15) is 16.3 Å². The normalized spacial score (nSPS) is 10.8. The van der Waals surface area contributed by atoms with Crippen LogP contribution in [0.25, 0.3) is 10.2 Å². The zero-order chi connectivity index (χ0) is 26.4. The number of ether oxygens (including phenoxy) is 2. The molecule has 0 saturated heterocycles. The number of thiophene rings is 1. The van der Waals surface area contributed by atoms with E-state index in [0.717, 1.165) is 16.9 Å². The van der Waals surface area contributed by atoms with E-state index in [-0.39, 0.29) is 25.1 Å². The van der Waals surface area contributed by atoms with Crippen LogP contribution in [0.15, 0.2) is 65.7 Å². The second kappa shape index (κ2) is 11.6. The number of nitrogens with one attached hydrogen (secondary N) is 1. The molecule has 1 amide bonds. The number of aryl methyl sites for hydroxylation is 1. The fraction of sp³-hybridized carbons (Fsp3) is 0.222. The summed E-state index contributed by atoms with van der Waals surface area (Å²) in [5.41, 5.74) is 1.79. The van der Waals surface area contributed by atoms with Gasteiger partial charge in [-0.25, -0.2) is 14.6 Å². The maximum atomic E-state index is 13.1. The third-order valence-electron chi connectivity index (χ3n) is 5.54. The number of hydrogen-bond acceptors (Lipinski definition) is 8. The smallest absolute Gasteiger partial charge is 0.348 e. The maximum absolute atomic E-state index is 13.1. The monoisotopic (exact) mass is 519 g/mol. The summed E-state index contributed by atoms with van der Waals surface area (Å²) in [6.45, 7) is 3.53. The van der Waals surface area contributed by atoms with Crippen molar-refractivity contribution in [3.63, 3.8) is 0 Å². The van der Waals surface area contributed by atoms with Crippen LogP contribution in [0.1, 0.15) is 38.1 Å². The predicted octanol–water partition coefficient (Wildman–Crippen LogP) is 3.98. The van der Waals surface area contributed by atoms with Gasteiger partial charge < -0.3 is 14.8 Å². The van der Waals surface area contributed by atoms with Crippen molar-refractivity contribution in [1.29, 1.82) is 0 Å². The number of benzene rings is 2. The van der Waals surface area contributed by atoms with Crippen LogP contribution in [0.4, 0.5) is 5.69 Å². The molecule has 0 unspecified atom stereocenters. The summed E-state index contributed by atoms with van der Waals surface area (Å²) in [6.07, 6.45) is 1.86. The Hall–Kier alpha value is -4.31. The van der Waals surface area contributed by atoms with Crippen LogP contribution in [-0.4, -0.2) is 40.6 Å². The number of rotatable bonds is 9. The fourth-order valence-electron chi connectivity index (χ4n) is 3.73. The molecule has 0 fully saturated rings. The van der Waals surface area contributed by atoms with Gasteiger partial charge in [0.2, 0.25) is 5.91 Å². The lowest BCUT2D eigenvalue weighted by molar-refractivity contribution is -0.116. The zero-order valence-electron chi connectivity index (χ0n) is 20.4. The number of carbonyl (C=O) groups excluding carboxylic acids is 3. The van der Waals surface area contributed by atoms with E-state index in [9.17, 15) is 19.2 Å². The molecular formula is C27H25N3O6S. The van der Waals surface area contributed by atoms with Gasteiger partial charge in [-0.1, -0.05) is 36.4 Å². The summed E-state index contributed by atoms with van der Waals surface area (Å²) in [5.74, 6) is -1.48. The van der Waals surface area contributed by atoms with Crippen LogP contribution in [0, 0.1) is 6.92 Å². The molecule has 4 aromatic rings. The van der Waals surface area contributed by atoms with Gasteiger partial charge in [0.05, 0.1) is 30.5 Å². The van der Waals surface area contributed by atoms with E-state index < -0.39 is 23.4 Å². The SMILES string of the molecule is CCOC(=O)c1cccc(NC(=O)Cn2cnc3sc(C(=O)OCCc4ccccc4)c(C)c3c2=O)c1. The number of aromatic nitrogens is 2. The van der Waals surface area contributed by atoms with Gasteiger partial charge in [-0.15, -0.1) is 11.3 Å². The second-order valence-electron chi connectivity index (χ2n) is 8.13. The first-order valence-electron chi connectivity index (χ1n) is 11.6. The first kappa shape index (κ1) is 25.8. The molecule has 37 heavy (non-hydrogen) atoms. The topological polar surface area (TPSA) is 117 Å². The van der Waals surface area contributed by atoms with E-state index in [2.05, 4.69) is 10.3 Å². The van der Waals surface area contributed by atoms with Crippen molar-refractivity contribution in [2.75, 3.05) is 18.5 Å². The van der Waals surface area contributed by atoms with Crippen LogP contribution in [0.5, 0.6) is 0 Å². The molecule has 0 aliphatic rings. The van der Waals surface area contributed by atoms with Gasteiger partial charge in [0, 0.05) is 12.1 Å². The molecule has 4 rings (SSSR count). The van der Waals surface area contributed by atoms with Gasteiger partial charge in [0.25, 0.3) is 5.56 Å². The predicted molar refractivity (Wildman–Crippen MR) is 140 cm³/mol. The van der Waals surface area contributed by atoms with Crippen molar-refractivity contribution in [2.45, 2.75) is 26.8 Å². The summed E-state index contributed by atoms with van der Waals surface area (Å²) in [5, 5.41) is 2.95. The number of amides is 1. The Balaban J connectivity index is 1.45. The first-order chi connectivity index (χ1) is 17.9. The van der Waals surface area contributed by atoms with Crippen LogP contribution in [0.3, 0.4) is 0 Å². The van der Waals surface area contributed by atoms with Crippen molar-refractivity contribution < 1.29 is 23.9 Å². The van der Waals surface area contributed by atoms with E-state index in [4.69, 9.17) is 9.47 Å². The van der Waals surface area contributed by atoms with E-state index in [1.165, 1.54) is 17.0 Å². The van der Waals surface area contributed by atoms with Gasteiger partial charge >= 0.3 is 11.9 Å². The van der Waals surface area contributed by atoms with Crippen molar-refractivity contribution in [1.82, 2.24) is 9.55 Å². The minimum absolute atomic E-state index is 0.214. The molecule has 0 aliphatic heterocycles. The highest BCUT2D eigenvalue weighted by Gasteiger charge is 2.21. The highest BCUT2D eigenvalue weighted by molar-refractivity contribution is 7.20. The lowest BCUT2D eigenvalue weighted by Gasteiger charge is -2.09. The lowest BCUT2D eigenvalue weighted by Crippen LogP contribution is -2.28. The third kappa shape index (κ3) is 6.10. The van der Waals surface area contributed by atoms with Crippen LogP contribution in [0.2, 0.25) is 0 Å². The van der Waals surface area contributed by atoms with Crippen molar-refractivity contribution in [3.05, 3.63) is 92.8 Å². The van der Waals surface area contributed by atoms with Crippen LogP contribution < -0.4 is 10.9 Å². The van der Waals surface area contributed by atoms with Gasteiger partial charge in [0.15, 0.2) is 0 Å². The van der Waals surface area contributed by atoms with Gasteiger partial charge in [-0.2, -0.15) is 0 Å². The molecule has 9 nitrogen and oxygen atoms in total. The van der Waals surface area contributed by atoms with E-state index in [1.807, 2.05) is 30.3 Å². The Kier molecular flexibility index (Phi) is 8.09. The standard InChI is InChI=1S/C27H25N3O6S/c1-3-35-26(33)19-10-7-11-20(14-19)29-21(31)15-30-16-28-24-22(25(30)32)17(2)23(37-24)27(34)36-13-12-18-8-5-4-6-9-18/h4-11,14,16H,3,12-13,15H2,1-2H3,(H,29,31). The summed E-state index contributed by atoms with van der Waals surface area (Å²) in [4.78, 5) is 55.3. The van der Waals surface area contributed by atoms with E-state index in [1.54, 1.807) is 32.0 Å². The Bertz CT molecular complexity index is 1510.